The summed E-state index contributed by atoms with van der Waals surface area (Å²) in [6.45, 7) is 0.152. The summed E-state index contributed by atoms with van der Waals surface area (Å²) in [5.41, 5.74) is 1.81. The van der Waals surface area contributed by atoms with Gasteiger partial charge in [0.05, 0.1) is 6.42 Å². The number of rotatable bonds is 1. The van der Waals surface area contributed by atoms with Gasteiger partial charge in [-0.3, -0.25) is 9.69 Å². The van der Waals surface area contributed by atoms with Crippen LogP contribution < -0.4 is 10.2 Å². The monoisotopic (exact) mass is 217 g/mol. The highest BCUT2D eigenvalue weighted by molar-refractivity contribution is 6.02. The lowest BCUT2D eigenvalue weighted by Gasteiger charge is -2.21. The van der Waals surface area contributed by atoms with E-state index in [-0.39, 0.29) is 12.5 Å². The summed E-state index contributed by atoms with van der Waals surface area (Å²) in [5, 5.41) is 3.76. The zero-order chi connectivity index (χ0) is 11.1. The Kier molecular flexibility index (Phi) is 1.86. The van der Waals surface area contributed by atoms with E-state index in [4.69, 9.17) is 4.74 Å². The van der Waals surface area contributed by atoms with Gasteiger partial charge in [-0.1, -0.05) is 18.2 Å². The van der Waals surface area contributed by atoms with Gasteiger partial charge < -0.3 is 4.74 Å². The van der Waals surface area contributed by atoms with E-state index in [1.807, 2.05) is 24.3 Å². The van der Waals surface area contributed by atoms with E-state index in [1.54, 1.807) is 4.90 Å². The summed E-state index contributed by atoms with van der Waals surface area (Å²) in [4.78, 5) is 24.3. The maximum atomic E-state index is 11.8. The zero-order valence-electron chi connectivity index (χ0n) is 8.42. The van der Waals surface area contributed by atoms with Gasteiger partial charge in [-0.2, -0.15) is 5.32 Å². The molecule has 0 N–H and O–H groups in total. The fourth-order valence-corrected chi connectivity index (χ4v) is 2.08. The van der Waals surface area contributed by atoms with Crippen molar-refractivity contribution in [3.63, 3.8) is 0 Å². The zero-order valence-corrected chi connectivity index (χ0v) is 8.42. The van der Waals surface area contributed by atoms with Crippen LogP contribution in [-0.2, 0) is 16.0 Å². The van der Waals surface area contributed by atoms with Crippen molar-refractivity contribution in [3.05, 3.63) is 29.8 Å². The van der Waals surface area contributed by atoms with Gasteiger partial charge in [-0.15, -0.1) is 0 Å². The van der Waals surface area contributed by atoms with Crippen LogP contribution in [0.15, 0.2) is 24.3 Å². The molecule has 2 aliphatic rings. The van der Waals surface area contributed by atoms with Crippen molar-refractivity contribution >= 4 is 17.7 Å². The third-order valence-electron chi connectivity index (χ3n) is 2.77. The lowest BCUT2D eigenvalue weighted by Crippen LogP contribution is -2.43. The molecule has 1 radical (unpaired) electrons. The molecule has 1 aromatic rings. The van der Waals surface area contributed by atoms with Crippen molar-refractivity contribution in [3.8, 4) is 0 Å². The average Bonchev–Trinajstić information content (AvgIpc) is 2.80. The summed E-state index contributed by atoms with van der Waals surface area (Å²) < 4.78 is 4.74. The smallest absolute Gasteiger partial charge is 0.431 e. The molecule has 2 aliphatic heterocycles. The summed E-state index contributed by atoms with van der Waals surface area (Å²) in [5.74, 6) is -0.0340. The van der Waals surface area contributed by atoms with E-state index in [1.165, 1.54) is 0 Å². The first-order chi connectivity index (χ1) is 7.75. The summed E-state index contributed by atoms with van der Waals surface area (Å²) in [6, 6.07) is 7.52. The van der Waals surface area contributed by atoms with Gasteiger partial charge in [-0.05, 0) is 11.6 Å². The fourth-order valence-electron chi connectivity index (χ4n) is 2.08. The number of hydrogen-bond acceptors (Lipinski definition) is 3. The van der Waals surface area contributed by atoms with Crippen molar-refractivity contribution in [1.29, 1.82) is 0 Å². The van der Waals surface area contributed by atoms with Gasteiger partial charge >= 0.3 is 6.09 Å². The maximum Gasteiger partial charge on any atom is 0.431 e. The van der Waals surface area contributed by atoms with Crippen molar-refractivity contribution in [2.24, 2.45) is 0 Å². The molecular formula is C11H9N2O3. The minimum atomic E-state index is -0.595. The Morgan fingerprint density at radius 1 is 1.31 bits per heavy atom. The van der Waals surface area contributed by atoms with Crippen LogP contribution in [0.2, 0.25) is 0 Å². The van der Waals surface area contributed by atoms with Crippen LogP contribution in [-0.4, -0.2) is 24.8 Å². The van der Waals surface area contributed by atoms with Crippen molar-refractivity contribution in [2.75, 3.05) is 11.5 Å². The van der Waals surface area contributed by atoms with Gasteiger partial charge in [0.2, 0.25) is 5.91 Å². The van der Waals surface area contributed by atoms with E-state index >= 15 is 0 Å². The Bertz CT molecular complexity index is 472. The molecule has 1 fully saturated rings. The van der Waals surface area contributed by atoms with E-state index in [2.05, 4.69) is 5.32 Å². The molecule has 3 rings (SSSR count). The molecule has 0 aromatic heterocycles. The second-order valence-corrected chi connectivity index (χ2v) is 3.76. The number of cyclic esters (lactones) is 1. The number of ether oxygens (including phenoxy) is 1. The van der Waals surface area contributed by atoms with Crippen LogP contribution in [0, 0.1) is 0 Å². The highest BCUT2D eigenvalue weighted by atomic mass is 16.6. The minimum Gasteiger partial charge on any atom is -0.444 e. The molecule has 5 nitrogen and oxygen atoms in total. The number of nitrogens with zero attached hydrogens (tertiary/aromatic N) is 2. The number of carbonyl (C=O) groups excluding carboxylic acids is 2. The topological polar surface area (TPSA) is 60.7 Å². The molecule has 81 valence electrons. The average molecular weight is 217 g/mol. The van der Waals surface area contributed by atoms with Crippen molar-refractivity contribution < 1.29 is 14.3 Å². The SMILES string of the molecule is O=C1[N]C(N2C(=O)Cc3ccccc32)CO1. The van der Waals surface area contributed by atoms with Crippen LogP contribution in [0.5, 0.6) is 0 Å². The molecule has 1 saturated heterocycles. The second kappa shape index (κ2) is 3.23. The first-order valence-electron chi connectivity index (χ1n) is 5.03. The quantitative estimate of drug-likeness (QED) is 0.694. The molecule has 0 saturated carbocycles. The van der Waals surface area contributed by atoms with Gasteiger partial charge in [0, 0.05) is 5.69 Å². The fraction of sp³-hybridized carbons (Fsp3) is 0.273. The Morgan fingerprint density at radius 2 is 2.12 bits per heavy atom. The van der Waals surface area contributed by atoms with Crippen LogP contribution in [0.1, 0.15) is 5.56 Å². The number of anilines is 1. The number of para-hydroxylation sites is 1. The van der Waals surface area contributed by atoms with E-state index in [0.29, 0.717) is 6.42 Å². The number of carbonyl (C=O) groups is 2. The second-order valence-electron chi connectivity index (χ2n) is 3.76. The molecule has 0 bridgehead atoms. The van der Waals surface area contributed by atoms with E-state index in [0.717, 1.165) is 11.3 Å². The number of hydrogen-bond donors (Lipinski definition) is 0. The molecule has 2 heterocycles. The van der Waals surface area contributed by atoms with Gasteiger partial charge in [0.15, 0.2) is 6.17 Å². The molecule has 1 unspecified atom stereocenters. The van der Waals surface area contributed by atoms with Crippen LogP contribution in [0.25, 0.3) is 0 Å². The number of benzene rings is 1. The molecule has 0 spiro atoms. The van der Waals surface area contributed by atoms with Gasteiger partial charge in [-0.25, -0.2) is 4.79 Å². The van der Waals surface area contributed by atoms with Crippen molar-refractivity contribution in [1.82, 2.24) is 5.32 Å². The van der Waals surface area contributed by atoms with E-state index < -0.39 is 12.3 Å². The predicted molar refractivity (Wildman–Crippen MR) is 54.9 cm³/mol. The molecule has 1 atom stereocenters. The molecular weight excluding hydrogens is 208 g/mol. The van der Waals surface area contributed by atoms with E-state index in [9.17, 15) is 9.59 Å². The highest BCUT2D eigenvalue weighted by Crippen LogP contribution is 2.30. The number of fused-ring (bicyclic) bond motifs is 1. The predicted octanol–water partition coefficient (Wildman–Crippen LogP) is 0.656. The maximum absolute atomic E-state index is 11.8. The van der Waals surface area contributed by atoms with Gasteiger partial charge in [0.1, 0.15) is 6.61 Å². The highest BCUT2D eigenvalue weighted by Gasteiger charge is 2.38. The Hall–Kier alpha value is -2.04. The summed E-state index contributed by atoms with van der Waals surface area (Å²) in [6.07, 6.45) is -0.720. The Balaban J connectivity index is 1.96. The first-order valence-corrected chi connectivity index (χ1v) is 5.03. The minimum absolute atomic E-state index is 0.0340. The molecule has 16 heavy (non-hydrogen) atoms. The van der Waals surface area contributed by atoms with Crippen LogP contribution >= 0.6 is 0 Å². The standard InChI is InChI=1S/C11H9N2O3/c14-10-5-7-3-1-2-4-8(7)13(10)9-6-16-11(15)12-9/h1-4,9H,5-6H2. The lowest BCUT2D eigenvalue weighted by atomic mass is 10.2. The summed E-state index contributed by atoms with van der Waals surface area (Å²) in [7, 11) is 0. The summed E-state index contributed by atoms with van der Waals surface area (Å²) >= 11 is 0. The number of amides is 2. The largest absolute Gasteiger partial charge is 0.444 e. The first kappa shape index (κ1) is 9.21. The molecule has 1 aromatic carbocycles. The van der Waals surface area contributed by atoms with Crippen LogP contribution in [0.3, 0.4) is 0 Å². The Morgan fingerprint density at radius 3 is 2.88 bits per heavy atom. The third-order valence-corrected chi connectivity index (χ3v) is 2.77. The van der Waals surface area contributed by atoms with Crippen LogP contribution in [0.4, 0.5) is 10.5 Å². The van der Waals surface area contributed by atoms with Crippen molar-refractivity contribution in [2.45, 2.75) is 12.6 Å². The molecule has 0 aliphatic carbocycles. The van der Waals surface area contributed by atoms with Gasteiger partial charge in [0.25, 0.3) is 0 Å². The third kappa shape index (κ3) is 1.25. The molecule has 2 amide bonds. The molecule has 5 heteroatoms. The lowest BCUT2D eigenvalue weighted by molar-refractivity contribution is -0.117. The normalized spacial score (nSPS) is 23.0. The Labute approximate surface area is 92.0 Å².